The number of unbranched alkanes of at least 4 members (excludes halogenated alkanes) is 5. The van der Waals surface area contributed by atoms with Gasteiger partial charge in [0.2, 0.25) is 0 Å². The number of nitrogens with zero attached hydrogens (tertiary/aromatic N) is 1. The van der Waals surface area contributed by atoms with Gasteiger partial charge in [-0.05, 0) is 56.4 Å². The summed E-state index contributed by atoms with van der Waals surface area (Å²) in [4.78, 5) is 24.6. The van der Waals surface area contributed by atoms with Crippen molar-refractivity contribution in [2.75, 3.05) is 6.61 Å². The number of rotatable bonds is 18. The molecule has 6 heteroatoms. The summed E-state index contributed by atoms with van der Waals surface area (Å²) in [5.74, 6) is 0.320. The lowest BCUT2D eigenvalue weighted by atomic mass is 9.98. The van der Waals surface area contributed by atoms with E-state index in [1.54, 1.807) is 13.1 Å². The molecule has 1 N–H and O–H groups in total. The maximum Gasteiger partial charge on any atom is 0.306 e. The van der Waals surface area contributed by atoms with E-state index in [0.717, 1.165) is 17.7 Å². The molecule has 1 aromatic heterocycles. The first kappa shape index (κ1) is 30.6. The van der Waals surface area contributed by atoms with Crippen LogP contribution in [0.3, 0.4) is 0 Å². The van der Waals surface area contributed by atoms with Gasteiger partial charge in [-0.3, -0.25) is 9.59 Å². The Morgan fingerprint density at radius 2 is 1.59 bits per heavy atom. The van der Waals surface area contributed by atoms with Crippen LogP contribution in [0, 0.1) is 5.92 Å². The van der Waals surface area contributed by atoms with E-state index in [0.29, 0.717) is 18.6 Å². The summed E-state index contributed by atoms with van der Waals surface area (Å²) in [6.07, 6.45) is 11.9. The minimum atomic E-state index is -0.768. The SMILES string of the molecule is CCCCCCCCc1ccc(OC(C)C(O)Cn2cc(CCC(=O)OCC)c(C(=O)C(C)C)c2)cc1. The molecule has 2 aromatic rings. The number of aryl methyl sites for hydroxylation is 2. The Morgan fingerprint density at radius 3 is 2.24 bits per heavy atom. The van der Waals surface area contributed by atoms with E-state index < -0.39 is 12.2 Å². The first-order chi connectivity index (χ1) is 17.7. The number of Topliss-reactive ketones (excluding diaryl/α,β-unsaturated/α-hetero) is 1. The number of ketones is 1. The molecule has 0 spiro atoms. The highest BCUT2D eigenvalue weighted by Gasteiger charge is 2.21. The molecule has 1 heterocycles. The molecule has 1 aromatic carbocycles. The molecule has 0 amide bonds. The number of carbonyl (C=O) groups excluding carboxylic acids is 2. The zero-order chi connectivity index (χ0) is 27.2. The summed E-state index contributed by atoms with van der Waals surface area (Å²) >= 11 is 0. The number of hydrogen-bond acceptors (Lipinski definition) is 5. The molecule has 0 bridgehead atoms. The van der Waals surface area contributed by atoms with E-state index in [2.05, 4.69) is 19.1 Å². The van der Waals surface area contributed by atoms with Crippen molar-refractivity contribution in [1.29, 1.82) is 0 Å². The van der Waals surface area contributed by atoms with Gasteiger partial charge < -0.3 is 19.1 Å². The van der Waals surface area contributed by atoms with Gasteiger partial charge in [0.15, 0.2) is 5.78 Å². The van der Waals surface area contributed by atoms with Gasteiger partial charge in [-0.2, -0.15) is 0 Å². The van der Waals surface area contributed by atoms with Gasteiger partial charge in [0.1, 0.15) is 18.0 Å². The van der Waals surface area contributed by atoms with Crippen LogP contribution in [0.2, 0.25) is 0 Å². The largest absolute Gasteiger partial charge is 0.488 e. The molecule has 206 valence electrons. The Labute approximate surface area is 223 Å². The lowest BCUT2D eigenvalue weighted by Crippen LogP contribution is -2.32. The Hall–Kier alpha value is -2.60. The van der Waals surface area contributed by atoms with Gasteiger partial charge in [0.05, 0.1) is 13.2 Å². The number of benzene rings is 1. The Morgan fingerprint density at radius 1 is 0.919 bits per heavy atom. The molecule has 6 nitrogen and oxygen atoms in total. The number of aromatic nitrogens is 1. The topological polar surface area (TPSA) is 77.8 Å². The number of esters is 1. The van der Waals surface area contributed by atoms with Gasteiger partial charge in [-0.1, -0.05) is 65.0 Å². The van der Waals surface area contributed by atoms with Crippen LogP contribution in [-0.2, 0) is 28.9 Å². The summed E-state index contributed by atoms with van der Waals surface area (Å²) < 4.78 is 12.9. The Kier molecular flexibility index (Phi) is 13.5. The van der Waals surface area contributed by atoms with Gasteiger partial charge >= 0.3 is 5.97 Å². The van der Waals surface area contributed by atoms with E-state index in [9.17, 15) is 14.7 Å². The third-order valence-corrected chi connectivity index (χ3v) is 6.66. The zero-order valence-corrected chi connectivity index (χ0v) is 23.5. The number of aliphatic hydroxyl groups is 1. The summed E-state index contributed by atoms with van der Waals surface area (Å²) in [5.41, 5.74) is 2.70. The van der Waals surface area contributed by atoms with E-state index in [1.165, 1.54) is 44.1 Å². The van der Waals surface area contributed by atoms with Crippen LogP contribution in [0.25, 0.3) is 0 Å². The molecule has 0 aliphatic rings. The lowest BCUT2D eigenvalue weighted by molar-refractivity contribution is -0.143. The molecule has 0 aliphatic carbocycles. The van der Waals surface area contributed by atoms with E-state index in [4.69, 9.17) is 9.47 Å². The molecule has 37 heavy (non-hydrogen) atoms. The maximum absolute atomic E-state index is 12.7. The minimum absolute atomic E-state index is 0.0254. The van der Waals surface area contributed by atoms with Crippen LogP contribution < -0.4 is 4.74 Å². The maximum atomic E-state index is 12.7. The van der Waals surface area contributed by atoms with Crippen molar-refractivity contribution >= 4 is 11.8 Å². The predicted molar refractivity (Wildman–Crippen MR) is 148 cm³/mol. The number of aliphatic hydroxyl groups excluding tert-OH is 1. The first-order valence-corrected chi connectivity index (χ1v) is 14.1. The second-order valence-corrected chi connectivity index (χ2v) is 10.3. The fraction of sp³-hybridized carbons (Fsp3) is 0.613. The molecular formula is C31H47NO5. The highest BCUT2D eigenvalue weighted by atomic mass is 16.5. The average molecular weight is 514 g/mol. The van der Waals surface area contributed by atoms with Crippen molar-refractivity contribution in [3.05, 3.63) is 53.3 Å². The van der Waals surface area contributed by atoms with Crippen LogP contribution in [0.15, 0.2) is 36.7 Å². The van der Waals surface area contributed by atoms with E-state index in [1.807, 2.05) is 43.7 Å². The van der Waals surface area contributed by atoms with Crippen LogP contribution in [0.5, 0.6) is 5.75 Å². The van der Waals surface area contributed by atoms with E-state index >= 15 is 0 Å². The first-order valence-electron chi connectivity index (χ1n) is 14.1. The molecule has 0 fully saturated rings. The molecule has 0 saturated carbocycles. The number of ether oxygens (including phenoxy) is 2. The molecule has 2 rings (SSSR count). The van der Waals surface area contributed by atoms with Crippen molar-refractivity contribution in [2.24, 2.45) is 5.92 Å². The molecule has 0 aliphatic heterocycles. The highest BCUT2D eigenvalue weighted by molar-refractivity contribution is 5.98. The third kappa shape index (κ3) is 10.7. The standard InChI is InChI=1S/C31H47NO5/c1-6-8-9-10-11-12-13-25-14-17-27(18-15-25)37-24(5)29(33)22-32-20-26(16-19-30(34)36-7-2)28(21-32)31(35)23(3)4/h14-15,17-18,20-21,23-24,29,33H,6-13,16,19,22H2,1-5H3. The second kappa shape index (κ2) is 16.3. The smallest absolute Gasteiger partial charge is 0.306 e. The summed E-state index contributed by atoms with van der Waals surface area (Å²) in [7, 11) is 0. The van der Waals surface area contributed by atoms with Crippen molar-refractivity contribution < 1.29 is 24.2 Å². The third-order valence-electron chi connectivity index (χ3n) is 6.66. The summed E-state index contributed by atoms with van der Waals surface area (Å²) in [5, 5.41) is 10.8. The average Bonchev–Trinajstić information content (AvgIpc) is 3.27. The number of hydrogen-bond donors (Lipinski definition) is 1. The Balaban J connectivity index is 1.92. The zero-order valence-electron chi connectivity index (χ0n) is 23.5. The van der Waals surface area contributed by atoms with Crippen LogP contribution in [0.4, 0.5) is 0 Å². The molecule has 2 atom stereocenters. The second-order valence-electron chi connectivity index (χ2n) is 10.3. The van der Waals surface area contributed by atoms with Crippen LogP contribution in [-0.4, -0.2) is 40.2 Å². The van der Waals surface area contributed by atoms with Crippen molar-refractivity contribution in [2.45, 2.75) is 111 Å². The van der Waals surface area contributed by atoms with Gasteiger partial charge in [-0.25, -0.2) is 0 Å². The summed E-state index contributed by atoms with van der Waals surface area (Å²) in [6, 6.07) is 8.15. The molecule has 2 unspecified atom stereocenters. The fourth-order valence-electron chi connectivity index (χ4n) is 4.36. The van der Waals surface area contributed by atoms with Crippen LogP contribution in [0.1, 0.15) is 101 Å². The molecule has 0 radical (unpaired) electrons. The predicted octanol–water partition coefficient (Wildman–Crippen LogP) is 6.55. The van der Waals surface area contributed by atoms with Crippen molar-refractivity contribution in [3.63, 3.8) is 0 Å². The van der Waals surface area contributed by atoms with Crippen LogP contribution >= 0.6 is 0 Å². The highest BCUT2D eigenvalue weighted by Crippen LogP contribution is 2.21. The van der Waals surface area contributed by atoms with Crippen molar-refractivity contribution in [1.82, 2.24) is 4.57 Å². The van der Waals surface area contributed by atoms with Crippen molar-refractivity contribution in [3.8, 4) is 5.75 Å². The Bertz CT molecular complexity index is 947. The quantitative estimate of drug-likeness (QED) is 0.139. The van der Waals surface area contributed by atoms with Gasteiger partial charge in [0.25, 0.3) is 0 Å². The summed E-state index contributed by atoms with van der Waals surface area (Å²) in [6.45, 7) is 10.2. The minimum Gasteiger partial charge on any atom is -0.488 e. The normalized spacial score (nSPS) is 12.9. The lowest BCUT2D eigenvalue weighted by Gasteiger charge is -2.21. The van der Waals surface area contributed by atoms with E-state index in [-0.39, 0.29) is 30.6 Å². The fourth-order valence-corrected chi connectivity index (χ4v) is 4.36. The number of carbonyl (C=O) groups is 2. The monoisotopic (exact) mass is 513 g/mol. The molecular weight excluding hydrogens is 466 g/mol. The van der Waals surface area contributed by atoms with Gasteiger partial charge in [-0.15, -0.1) is 0 Å². The molecule has 0 saturated heterocycles. The van der Waals surface area contributed by atoms with Gasteiger partial charge in [0, 0.05) is 30.3 Å².